The smallest absolute Gasteiger partial charge is 0.220 e. The van der Waals surface area contributed by atoms with E-state index >= 15 is 0 Å². The maximum absolute atomic E-state index is 11.5. The number of rotatable bonds is 6. The van der Waals surface area contributed by atoms with E-state index in [2.05, 4.69) is 20.8 Å². The average molecular weight is 279 g/mol. The van der Waals surface area contributed by atoms with Crippen LogP contribution in [0.5, 0.6) is 11.5 Å². The number of phenols is 1. The maximum atomic E-state index is 11.5. The van der Waals surface area contributed by atoms with Crippen LogP contribution in [0.3, 0.4) is 0 Å². The molecule has 1 amide bonds. The van der Waals surface area contributed by atoms with E-state index in [0.717, 1.165) is 12.0 Å². The lowest BCUT2D eigenvalue weighted by Gasteiger charge is -2.24. The Labute approximate surface area is 120 Å². The molecule has 20 heavy (non-hydrogen) atoms. The van der Waals surface area contributed by atoms with Gasteiger partial charge in [0.15, 0.2) is 11.5 Å². The predicted octanol–water partition coefficient (Wildman–Crippen LogP) is 2.87. The van der Waals surface area contributed by atoms with Gasteiger partial charge in [0, 0.05) is 5.92 Å². The summed E-state index contributed by atoms with van der Waals surface area (Å²) in [6.45, 7) is 6.30. The van der Waals surface area contributed by atoms with Crippen molar-refractivity contribution in [3.8, 4) is 11.5 Å². The minimum atomic E-state index is -0.252. The Bertz CT molecular complexity index is 463. The number of benzene rings is 1. The molecule has 0 spiro atoms. The van der Waals surface area contributed by atoms with Gasteiger partial charge in [0.2, 0.25) is 5.91 Å². The largest absolute Gasteiger partial charge is 0.504 e. The molecule has 1 atom stereocenters. The normalized spacial score (nSPS) is 13.0. The molecular formula is C16H25NO3. The average Bonchev–Trinajstić information content (AvgIpc) is 2.33. The van der Waals surface area contributed by atoms with Gasteiger partial charge in [-0.3, -0.25) is 4.79 Å². The summed E-state index contributed by atoms with van der Waals surface area (Å²) in [6.07, 6.45) is 2.17. The molecule has 3 N–H and O–H groups in total. The van der Waals surface area contributed by atoms with Crippen LogP contribution in [0, 0.1) is 11.3 Å². The molecule has 1 rings (SSSR count). The van der Waals surface area contributed by atoms with E-state index in [1.807, 2.05) is 6.07 Å². The summed E-state index contributed by atoms with van der Waals surface area (Å²) >= 11 is 0. The van der Waals surface area contributed by atoms with Crippen LogP contribution in [0.15, 0.2) is 18.2 Å². The molecule has 0 aromatic heterocycles. The fourth-order valence-corrected chi connectivity index (χ4v) is 2.32. The Morgan fingerprint density at radius 2 is 2.05 bits per heavy atom. The molecule has 0 aliphatic rings. The highest BCUT2D eigenvalue weighted by molar-refractivity contribution is 5.76. The molecule has 0 aliphatic heterocycles. The van der Waals surface area contributed by atoms with E-state index in [9.17, 15) is 9.90 Å². The Morgan fingerprint density at radius 1 is 1.40 bits per heavy atom. The third-order valence-electron chi connectivity index (χ3n) is 3.29. The highest BCUT2D eigenvalue weighted by Crippen LogP contribution is 2.29. The molecule has 0 heterocycles. The van der Waals surface area contributed by atoms with Gasteiger partial charge in [0.1, 0.15) is 0 Å². The lowest BCUT2D eigenvalue weighted by molar-refractivity contribution is -0.122. The molecule has 0 saturated carbocycles. The Kier molecular flexibility index (Phi) is 5.43. The fourth-order valence-electron chi connectivity index (χ4n) is 2.32. The van der Waals surface area contributed by atoms with Gasteiger partial charge in [-0.05, 0) is 42.4 Å². The molecule has 112 valence electrons. The number of aryl methyl sites for hydroxylation is 1. The molecule has 4 heteroatoms. The van der Waals surface area contributed by atoms with Crippen molar-refractivity contribution in [2.45, 2.75) is 40.0 Å². The van der Waals surface area contributed by atoms with Crippen molar-refractivity contribution >= 4 is 5.91 Å². The second-order valence-corrected chi connectivity index (χ2v) is 6.41. The topological polar surface area (TPSA) is 72.5 Å². The molecule has 1 aromatic carbocycles. The Balaban J connectivity index is 2.68. The third-order valence-corrected chi connectivity index (χ3v) is 3.29. The zero-order chi connectivity index (χ0) is 15.3. The highest BCUT2D eigenvalue weighted by Gasteiger charge is 2.22. The van der Waals surface area contributed by atoms with Crippen LogP contribution in [0.25, 0.3) is 0 Å². The molecular weight excluding hydrogens is 254 g/mol. The number of carbonyl (C=O) groups excluding carboxylic acids is 1. The van der Waals surface area contributed by atoms with Crippen molar-refractivity contribution in [1.29, 1.82) is 0 Å². The van der Waals surface area contributed by atoms with E-state index in [4.69, 9.17) is 10.5 Å². The van der Waals surface area contributed by atoms with Crippen molar-refractivity contribution in [3.63, 3.8) is 0 Å². The summed E-state index contributed by atoms with van der Waals surface area (Å²) in [5.41, 5.74) is 6.52. The van der Waals surface area contributed by atoms with Crippen LogP contribution in [-0.2, 0) is 11.2 Å². The summed E-state index contributed by atoms with van der Waals surface area (Å²) in [7, 11) is 1.52. The first-order valence-electron chi connectivity index (χ1n) is 6.88. The number of hydrogen-bond donors (Lipinski definition) is 2. The zero-order valence-corrected chi connectivity index (χ0v) is 12.8. The van der Waals surface area contributed by atoms with Gasteiger partial charge in [-0.15, -0.1) is 0 Å². The number of primary amides is 1. The van der Waals surface area contributed by atoms with Crippen molar-refractivity contribution in [2.24, 2.45) is 17.1 Å². The number of nitrogens with two attached hydrogens (primary N) is 1. The first-order valence-corrected chi connectivity index (χ1v) is 6.88. The van der Waals surface area contributed by atoms with E-state index in [0.29, 0.717) is 18.6 Å². The number of methoxy groups -OCH3 is 1. The maximum Gasteiger partial charge on any atom is 0.220 e. The predicted molar refractivity (Wildman–Crippen MR) is 79.7 cm³/mol. The SMILES string of the molecule is COc1ccc(CCC(CC(C)(C)C)C(N)=O)cc1O. The van der Waals surface area contributed by atoms with Gasteiger partial charge in [0.25, 0.3) is 0 Å². The lowest BCUT2D eigenvalue weighted by atomic mass is 9.82. The van der Waals surface area contributed by atoms with Gasteiger partial charge >= 0.3 is 0 Å². The van der Waals surface area contributed by atoms with Crippen LogP contribution in [0.4, 0.5) is 0 Å². The van der Waals surface area contributed by atoms with Gasteiger partial charge in [-0.1, -0.05) is 26.8 Å². The highest BCUT2D eigenvalue weighted by atomic mass is 16.5. The first kappa shape index (κ1) is 16.3. The van der Waals surface area contributed by atoms with Crippen molar-refractivity contribution < 1.29 is 14.6 Å². The van der Waals surface area contributed by atoms with Crippen molar-refractivity contribution in [2.75, 3.05) is 7.11 Å². The van der Waals surface area contributed by atoms with Gasteiger partial charge in [0.05, 0.1) is 7.11 Å². The van der Waals surface area contributed by atoms with Gasteiger partial charge < -0.3 is 15.6 Å². The lowest BCUT2D eigenvalue weighted by Crippen LogP contribution is -2.27. The summed E-state index contributed by atoms with van der Waals surface area (Å²) in [6, 6.07) is 5.30. The molecule has 0 aliphatic carbocycles. The second-order valence-electron chi connectivity index (χ2n) is 6.41. The summed E-state index contributed by atoms with van der Waals surface area (Å²) in [4.78, 5) is 11.5. The molecule has 4 nitrogen and oxygen atoms in total. The van der Waals surface area contributed by atoms with Crippen LogP contribution in [0.1, 0.15) is 39.2 Å². The standard InChI is InChI=1S/C16H25NO3/c1-16(2,3)10-12(15(17)19)7-5-11-6-8-14(20-4)13(18)9-11/h6,8-9,12,18H,5,7,10H2,1-4H3,(H2,17,19). The molecule has 0 bridgehead atoms. The summed E-state index contributed by atoms with van der Waals surface area (Å²) in [5.74, 6) is 0.184. The van der Waals surface area contributed by atoms with E-state index in [1.165, 1.54) is 7.11 Å². The number of phenolic OH excluding ortho intramolecular Hbond substituents is 1. The van der Waals surface area contributed by atoms with E-state index in [1.54, 1.807) is 12.1 Å². The number of aromatic hydroxyl groups is 1. The molecule has 0 radical (unpaired) electrons. The molecule has 1 aromatic rings. The van der Waals surface area contributed by atoms with Gasteiger partial charge in [-0.25, -0.2) is 0 Å². The van der Waals surface area contributed by atoms with Crippen molar-refractivity contribution in [1.82, 2.24) is 0 Å². The van der Waals surface area contributed by atoms with E-state index in [-0.39, 0.29) is 23.0 Å². The van der Waals surface area contributed by atoms with Crippen molar-refractivity contribution in [3.05, 3.63) is 23.8 Å². The zero-order valence-electron chi connectivity index (χ0n) is 12.8. The van der Waals surface area contributed by atoms with Gasteiger partial charge in [-0.2, -0.15) is 0 Å². The quantitative estimate of drug-likeness (QED) is 0.841. The minimum absolute atomic E-state index is 0.0712. The monoisotopic (exact) mass is 279 g/mol. The Morgan fingerprint density at radius 3 is 2.50 bits per heavy atom. The second kappa shape index (κ2) is 6.64. The fraction of sp³-hybridized carbons (Fsp3) is 0.562. The van der Waals surface area contributed by atoms with E-state index < -0.39 is 0 Å². The first-order chi connectivity index (χ1) is 9.23. The van der Waals surface area contributed by atoms with Crippen LogP contribution in [0.2, 0.25) is 0 Å². The molecule has 0 fully saturated rings. The van der Waals surface area contributed by atoms with Crippen LogP contribution in [-0.4, -0.2) is 18.1 Å². The number of carbonyl (C=O) groups is 1. The molecule has 0 saturated heterocycles. The van der Waals surface area contributed by atoms with Crippen LogP contribution < -0.4 is 10.5 Å². The Hall–Kier alpha value is -1.71. The minimum Gasteiger partial charge on any atom is -0.504 e. The molecule has 1 unspecified atom stereocenters. The van der Waals surface area contributed by atoms with Crippen LogP contribution >= 0.6 is 0 Å². The number of ether oxygens (including phenoxy) is 1. The number of amides is 1. The number of hydrogen-bond acceptors (Lipinski definition) is 3. The third kappa shape index (κ3) is 5.11. The summed E-state index contributed by atoms with van der Waals surface area (Å²) < 4.78 is 5.01. The summed E-state index contributed by atoms with van der Waals surface area (Å²) in [5, 5.41) is 9.74.